The van der Waals surface area contributed by atoms with E-state index in [2.05, 4.69) is 45.2 Å². The summed E-state index contributed by atoms with van der Waals surface area (Å²) in [6.45, 7) is 0. The molecular weight excluding hydrogens is 266 g/mol. The zero-order chi connectivity index (χ0) is 11.5. The molecular formula is C12H14BrN3. The predicted molar refractivity (Wildman–Crippen MR) is 69.2 cm³/mol. The van der Waals surface area contributed by atoms with E-state index in [-0.39, 0.29) is 0 Å². The number of nitrogen functional groups attached to an aromatic ring is 1. The van der Waals surface area contributed by atoms with E-state index in [9.17, 15) is 0 Å². The fourth-order valence-electron chi connectivity index (χ4n) is 1.62. The van der Waals surface area contributed by atoms with Gasteiger partial charge in [0.15, 0.2) is 5.95 Å². The number of nitrogens with two attached hydrogens (primary N) is 1. The van der Waals surface area contributed by atoms with Crippen LogP contribution in [-0.2, 0) is 19.9 Å². The molecule has 1 aromatic carbocycles. The van der Waals surface area contributed by atoms with Gasteiger partial charge in [0, 0.05) is 17.2 Å². The van der Waals surface area contributed by atoms with E-state index in [0.29, 0.717) is 5.95 Å². The Balaban J connectivity index is 2.02. The molecule has 2 aromatic rings. The smallest absolute Gasteiger partial charge is 0.200 e. The second-order valence-corrected chi connectivity index (χ2v) is 4.71. The fourth-order valence-corrected chi connectivity index (χ4v) is 1.88. The number of halogens is 1. The lowest BCUT2D eigenvalue weighted by Crippen LogP contribution is -2.02. The Morgan fingerprint density at radius 3 is 2.50 bits per heavy atom. The summed E-state index contributed by atoms with van der Waals surface area (Å²) in [6, 6.07) is 8.38. The zero-order valence-electron chi connectivity index (χ0n) is 9.15. The van der Waals surface area contributed by atoms with Crippen molar-refractivity contribution in [1.29, 1.82) is 0 Å². The average molecular weight is 280 g/mol. The highest BCUT2D eigenvalue weighted by molar-refractivity contribution is 9.10. The van der Waals surface area contributed by atoms with Crippen LogP contribution in [0.1, 0.15) is 11.3 Å². The molecule has 0 saturated heterocycles. The van der Waals surface area contributed by atoms with Gasteiger partial charge in [0.05, 0.1) is 6.20 Å². The molecule has 0 bridgehead atoms. The third-order valence-electron chi connectivity index (χ3n) is 2.70. The second kappa shape index (κ2) is 4.70. The van der Waals surface area contributed by atoms with Gasteiger partial charge in [-0.05, 0) is 30.5 Å². The Morgan fingerprint density at radius 1 is 1.25 bits per heavy atom. The van der Waals surface area contributed by atoms with Gasteiger partial charge in [-0.25, -0.2) is 4.98 Å². The number of anilines is 1. The van der Waals surface area contributed by atoms with Crippen LogP contribution in [0.25, 0.3) is 0 Å². The van der Waals surface area contributed by atoms with Crippen molar-refractivity contribution in [3.8, 4) is 0 Å². The van der Waals surface area contributed by atoms with Crippen LogP contribution in [0.2, 0.25) is 0 Å². The van der Waals surface area contributed by atoms with Crippen molar-refractivity contribution >= 4 is 21.9 Å². The number of rotatable bonds is 3. The number of imidazole rings is 1. The first kappa shape index (κ1) is 11.2. The maximum absolute atomic E-state index is 5.68. The van der Waals surface area contributed by atoms with Crippen LogP contribution in [0.4, 0.5) is 5.95 Å². The van der Waals surface area contributed by atoms with Crippen LogP contribution in [0.3, 0.4) is 0 Å². The highest BCUT2D eigenvalue weighted by atomic mass is 79.9. The lowest BCUT2D eigenvalue weighted by molar-refractivity contribution is 0.807. The summed E-state index contributed by atoms with van der Waals surface area (Å²) >= 11 is 3.43. The van der Waals surface area contributed by atoms with E-state index < -0.39 is 0 Å². The molecule has 4 heteroatoms. The monoisotopic (exact) mass is 279 g/mol. The number of hydrogen-bond acceptors (Lipinski definition) is 2. The van der Waals surface area contributed by atoms with Crippen LogP contribution in [0, 0.1) is 0 Å². The van der Waals surface area contributed by atoms with Crippen molar-refractivity contribution < 1.29 is 0 Å². The second-order valence-electron chi connectivity index (χ2n) is 3.79. The summed E-state index contributed by atoms with van der Waals surface area (Å²) in [6.07, 6.45) is 3.81. The third kappa shape index (κ3) is 2.44. The molecule has 16 heavy (non-hydrogen) atoms. The normalized spacial score (nSPS) is 10.6. The van der Waals surface area contributed by atoms with E-state index in [1.54, 1.807) is 0 Å². The molecule has 0 amide bonds. The molecule has 84 valence electrons. The lowest BCUT2D eigenvalue weighted by Gasteiger charge is -2.03. The molecule has 0 radical (unpaired) electrons. The largest absolute Gasteiger partial charge is 0.369 e. The SMILES string of the molecule is Cn1c(CCc2ccc(Br)cc2)cnc1N. The number of benzene rings is 1. The summed E-state index contributed by atoms with van der Waals surface area (Å²) in [7, 11) is 1.94. The molecule has 3 nitrogen and oxygen atoms in total. The summed E-state index contributed by atoms with van der Waals surface area (Å²) in [4.78, 5) is 4.08. The van der Waals surface area contributed by atoms with Crippen LogP contribution < -0.4 is 5.73 Å². The summed E-state index contributed by atoms with van der Waals surface area (Å²) < 4.78 is 3.04. The maximum Gasteiger partial charge on any atom is 0.200 e. The van der Waals surface area contributed by atoms with Gasteiger partial charge in [0.25, 0.3) is 0 Å². The molecule has 2 rings (SSSR count). The molecule has 1 heterocycles. The first-order valence-corrected chi connectivity index (χ1v) is 5.96. The van der Waals surface area contributed by atoms with Crippen molar-refractivity contribution in [3.05, 3.63) is 46.2 Å². The molecule has 1 aromatic heterocycles. The molecule has 0 saturated carbocycles. The molecule has 0 aliphatic heterocycles. The molecule has 0 unspecified atom stereocenters. The van der Waals surface area contributed by atoms with E-state index in [4.69, 9.17) is 5.73 Å². The van der Waals surface area contributed by atoms with Gasteiger partial charge in [-0.2, -0.15) is 0 Å². The number of nitrogens with zero attached hydrogens (tertiary/aromatic N) is 2. The minimum atomic E-state index is 0.575. The van der Waals surface area contributed by atoms with Gasteiger partial charge >= 0.3 is 0 Å². The Morgan fingerprint density at radius 2 is 1.94 bits per heavy atom. The molecule has 0 spiro atoms. The Kier molecular flexibility index (Phi) is 3.29. The molecule has 0 fully saturated rings. The minimum absolute atomic E-state index is 0.575. The first-order valence-electron chi connectivity index (χ1n) is 5.17. The van der Waals surface area contributed by atoms with Gasteiger partial charge < -0.3 is 10.3 Å². The Bertz CT molecular complexity index is 474. The van der Waals surface area contributed by atoms with Crippen molar-refractivity contribution in [2.24, 2.45) is 7.05 Å². The maximum atomic E-state index is 5.68. The number of aryl methyl sites for hydroxylation is 2. The fraction of sp³-hybridized carbons (Fsp3) is 0.250. The lowest BCUT2D eigenvalue weighted by atomic mass is 10.1. The minimum Gasteiger partial charge on any atom is -0.369 e. The van der Waals surface area contributed by atoms with Crippen molar-refractivity contribution in [1.82, 2.24) is 9.55 Å². The molecule has 0 aliphatic rings. The van der Waals surface area contributed by atoms with Crippen LogP contribution in [0.5, 0.6) is 0 Å². The topological polar surface area (TPSA) is 43.8 Å². The van der Waals surface area contributed by atoms with E-state index in [1.807, 2.05) is 17.8 Å². The van der Waals surface area contributed by atoms with Crippen molar-refractivity contribution in [2.45, 2.75) is 12.8 Å². The van der Waals surface area contributed by atoms with Crippen LogP contribution in [0.15, 0.2) is 34.9 Å². The van der Waals surface area contributed by atoms with Gasteiger partial charge in [-0.15, -0.1) is 0 Å². The Hall–Kier alpha value is -1.29. The zero-order valence-corrected chi connectivity index (χ0v) is 10.7. The average Bonchev–Trinajstić information content (AvgIpc) is 2.60. The number of hydrogen-bond donors (Lipinski definition) is 1. The van der Waals surface area contributed by atoms with Crippen LogP contribution >= 0.6 is 15.9 Å². The molecule has 2 N–H and O–H groups in total. The predicted octanol–water partition coefficient (Wildman–Crippen LogP) is 2.55. The van der Waals surface area contributed by atoms with Crippen molar-refractivity contribution in [2.75, 3.05) is 5.73 Å². The molecule has 0 aliphatic carbocycles. The van der Waals surface area contributed by atoms with Gasteiger partial charge in [0.2, 0.25) is 0 Å². The van der Waals surface area contributed by atoms with E-state index in [0.717, 1.165) is 17.3 Å². The third-order valence-corrected chi connectivity index (χ3v) is 3.23. The van der Waals surface area contributed by atoms with E-state index >= 15 is 0 Å². The summed E-state index contributed by atoms with van der Waals surface area (Å²) in [5.41, 5.74) is 8.16. The van der Waals surface area contributed by atoms with Crippen LogP contribution in [-0.4, -0.2) is 9.55 Å². The number of aromatic nitrogens is 2. The van der Waals surface area contributed by atoms with E-state index in [1.165, 1.54) is 11.3 Å². The molecule has 0 atom stereocenters. The van der Waals surface area contributed by atoms with Gasteiger partial charge in [0.1, 0.15) is 0 Å². The highest BCUT2D eigenvalue weighted by Gasteiger charge is 2.03. The first-order chi connectivity index (χ1) is 7.66. The van der Waals surface area contributed by atoms with Crippen molar-refractivity contribution in [3.63, 3.8) is 0 Å². The standard InChI is InChI=1S/C12H14BrN3/c1-16-11(8-15-12(16)14)7-4-9-2-5-10(13)6-3-9/h2-3,5-6,8H,4,7H2,1H3,(H2,14,15). The highest BCUT2D eigenvalue weighted by Crippen LogP contribution is 2.13. The summed E-state index contributed by atoms with van der Waals surface area (Å²) in [5.74, 6) is 0.575. The summed E-state index contributed by atoms with van der Waals surface area (Å²) in [5, 5.41) is 0. The van der Waals surface area contributed by atoms with Gasteiger partial charge in [-0.1, -0.05) is 28.1 Å². The Labute approximate surface area is 103 Å². The van der Waals surface area contributed by atoms with Gasteiger partial charge in [-0.3, -0.25) is 0 Å². The quantitative estimate of drug-likeness (QED) is 0.939.